The van der Waals surface area contributed by atoms with E-state index in [2.05, 4.69) is 0 Å². The van der Waals surface area contributed by atoms with E-state index < -0.39 is 31.7 Å². The van der Waals surface area contributed by atoms with Crippen LogP contribution in [0.4, 0.5) is 0 Å². The summed E-state index contributed by atoms with van der Waals surface area (Å²) in [6.45, 7) is 0. The van der Waals surface area contributed by atoms with Gasteiger partial charge in [-0.15, -0.1) is 0 Å². The van der Waals surface area contributed by atoms with E-state index in [0.717, 1.165) is 0 Å². The first-order chi connectivity index (χ1) is 9.69. The van der Waals surface area contributed by atoms with E-state index >= 15 is 0 Å². The fraction of sp³-hybridized carbons (Fsp3) is 0.333. The molecule has 0 aromatic heterocycles. The first kappa shape index (κ1) is 17.2. The van der Waals surface area contributed by atoms with Gasteiger partial charge >= 0.3 is 19.5 Å². The van der Waals surface area contributed by atoms with Crippen molar-refractivity contribution in [3.8, 4) is 5.75 Å². The van der Waals surface area contributed by atoms with Crippen LogP contribution in [0.1, 0.15) is 12.0 Å². The zero-order valence-electron chi connectivity index (χ0n) is 11.0. The molecule has 0 unspecified atom stereocenters. The second kappa shape index (κ2) is 7.21. The van der Waals surface area contributed by atoms with Crippen LogP contribution in [0, 0.1) is 0 Å². The second-order valence-corrected chi connectivity index (χ2v) is 6.31. The summed E-state index contributed by atoms with van der Waals surface area (Å²) in [6.07, 6.45) is -0.863. The molecule has 0 bridgehead atoms. The maximum absolute atomic E-state index is 11.8. The summed E-state index contributed by atoms with van der Waals surface area (Å²) in [7, 11) is -4.05. The number of hydrogen-bond acceptors (Lipinski definition) is 5. The predicted molar refractivity (Wildman–Crippen MR) is 73.3 cm³/mol. The third-order valence-electron chi connectivity index (χ3n) is 2.54. The average molecular weight is 317 g/mol. The number of aliphatic carboxylic acids is 2. The SMILES string of the molecule is N[C@@H](CC[P@](=O)(O)Oc1cccc(CC(=O)O)c1)C(=O)O. The largest absolute Gasteiger partial charge is 0.481 e. The van der Waals surface area contributed by atoms with Crippen molar-refractivity contribution >= 4 is 19.5 Å². The first-order valence-corrected chi connectivity index (χ1v) is 7.76. The standard InChI is InChI=1S/C12H16NO7P/c13-10(12(16)17)4-5-21(18,19)20-9-3-1-2-8(6-9)7-11(14)15/h1-3,6,10H,4-5,7,13H2,(H,14,15)(H,16,17)(H,18,19)/t10-/m0/s1. The maximum Gasteiger partial charge on any atom is 0.376 e. The molecule has 0 saturated carbocycles. The van der Waals surface area contributed by atoms with Crippen LogP contribution in [-0.4, -0.2) is 39.2 Å². The highest BCUT2D eigenvalue weighted by Crippen LogP contribution is 2.43. The van der Waals surface area contributed by atoms with Gasteiger partial charge in [-0.1, -0.05) is 12.1 Å². The maximum atomic E-state index is 11.8. The normalized spacial score (nSPS) is 15.0. The lowest BCUT2D eigenvalue weighted by Crippen LogP contribution is -2.31. The van der Waals surface area contributed by atoms with E-state index in [1.165, 1.54) is 18.2 Å². The highest BCUT2D eigenvalue weighted by Gasteiger charge is 2.24. The van der Waals surface area contributed by atoms with Crippen molar-refractivity contribution in [2.45, 2.75) is 18.9 Å². The summed E-state index contributed by atoms with van der Waals surface area (Å²) in [5.74, 6) is -2.26. The molecule has 0 radical (unpaired) electrons. The summed E-state index contributed by atoms with van der Waals surface area (Å²) in [6, 6.07) is 4.55. The molecular formula is C12H16NO7P. The summed E-state index contributed by atoms with van der Waals surface area (Å²) in [5.41, 5.74) is 5.66. The Balaban J connectivity index is 2.68. The van der Waals surface area contributed by atoms with Crippen molar-refractivity contribution in [1.29, 1.82) is 0 Å². The molecule has 0 heterocycles. The van der Waals surface area contributed by atoms with Gasteiger partial charge in [-0.3, -0.25) is 9.59 Å². The van der Waals surface area contributed by atoms with Gasteiger partial charge in [0, 0.05) is 0 Å². The smallest absolute Gasteiger partial charge is 0.376 e. The van der Waals surface area contributed by atoms with Crippen LogP contribution in [0.25, 0.3) is 0 Å². The van der Waals surface area contributed by atoms with E-state index in [0.29, 0.717) is 5.56 Å². The first-order valence-electron chi connectivity index (χ1n) is 6.00. The molecule has 0 spiro atoms. The third-order valence-corrected chi connectivity index (χ3v) is 3.86. The summed E-state index contributed by atoms with van der Waals surface area (Å²) < 4.78 is 16.7. The van der Waals surface area contributed by atoms with Gasteiger partial charge in [-0.2, -0.15) is 0 Å². The van der Waals surface area contributed by atoms with Crippen LogP contribution in [0.3, 0.4) is 0 Å². The molecule has 0 amide bonds. The zero-order chi connectivity index (χ0) is 16.0. The summed E-state index contributed by atoms with van der Waals surface area (Å²) in [4.78, 5) is 30.8. The molecule has 0 aliphatic heterocycles. The van der Waals surface area contributed by atoms with E-state index in [1.54, 1.807) is 6.07 Å². The molecule has 21 heavy (non-hydrogen) atoms. The van der Waals surface area contributed by atoms with Gasteiger partial charge in [0.1, 0.15) is 11.8 Å². The zero-order valence-corrected chi connectivity index (χ0v) is 11.9. The number of carboxylic acids is 2. The van der Waals surface area contributed by atoms with Crippen LogP contribution < -0.4 is 10.3 Å². The third kappa shape index (κ3) is 6.40. The molecule has 0 fully saturated rings. The molecular weight excluding hydrogens is 301 g/mol. The molecule has 0 saturated heterocycles. The van der Waals surface area contributed by atoms with Crippen LogP contribution in [-0.2, 0) is 20.6 Å². The van der Waals surface area contributed by atoms with Crippen LogP contribution >= 0.6 is 7.60 Å². The molecule has 1 rings (SSSR count). The van der Waals surface area contributed by atoms with Crippen LogP contribution in [0.2, 0.25) is 0 Å². The summed E-state index contributed by atoms with van der Waals surface area (Å²) >= 11 is 0. The van der Waals surface area contributed by atoms with Crippen molar-refractivity contribution in [2.75, 3.05) is 6.16 Å². The monoisotopic (exact) mass is 317 g/mol. The van der Waals surface area contributed by atoms with Crippen LogP contribution in [0.5, 0.6) is 5.75 Å². The highest BCUT2D eigenvalue weighted by molar-refractivity contribution is 7.53. The van der Waals surface area contributed by atoms with E-state index in [4.69, 9.17) is 20.5 Å². The Morgan fingerprint density at radius 1 is 1.33 bits per heavy atom. The van der Waals surface area contributed by atoms with Gasteiger partial charge in [0.05, 0.1) is 12.6 Å². The van der Waals surface area contributed by atoms with Crippen molar-refractivity contribution in [3.63, 3.8) is 0 Å². The predicted octanol–water partition coefficient (Wildman–Crippen LogP) is 0.680. The topological polar surface area (TPSA) is 147 Å². The Labute approximate surface area is 120 Å². The Morgan fingerprint density at radius 2 is 2.00 bits per heavy atom. The van der Waals surface area contributed by atoms with Crippen molar-refractivity contribution < 1.29 is 33.8 Å². The molecule has 1 aromatic rings. The molecule has 1 aromatic carbocycles. The molecule has 9 heteroatoms. The number of carbonyl (C=O) groups is 2. The molecule has 5 N–H and O–H groups in total. The lowest BCUT2D eigenvalue weighted by Gasteiger charge is -2.15. The number of rotatable bonds is 8. The van der Waals surface area contributed by atoms with E-state index in [9.17, 15) is 19.0 Å². The minimum absolute atomic E-state index is 0.0449. The lowest BCUT2D eigenvalue weighted by atomic mass is 10.1. The molecule has 0 aliphatic rings. The van der Waals surface area contributed by atoms with Gasteiger partial charge in [0.25, 0.3) is 0 Å². The second-order valence-electron chi connectivity index (χ2n) is 4.40. The quantitative estimate of drug-likeness (QED) is 0.512. The number of benzene rings is 1. The molecule has 0 aliphatic carbocycles. The Kier molecular flexibility index (Phi) is 5.90. The van der Waals surface area contributed by atoms with Gasteiger partial charge in [0.2, 0.25) is 0 Å². The van der Waals surface area contributed by atoms with Gasteiger partial charge in [0.15, 0.2) is 0 Å². The number of carboxylic acid groups (broad SMARTS) is 2. The van der Waals surface area contributed by atoms with Gasteiger partial charge in [-0.05, 0) is 24.1 Å². The number of hydrogen-bond donors (Lipinski definition) is 4. The average Bonchev–Trinajstić information content (AvgIpc) is 2.34. The fourth-order valence-electron chi connectivity index (χ4n) is 1.52. The van der Waals surface area contributed by atoms with E-state index in [-0.39, 0.29) is 18.6 Å². The summed E-state index contributed by atoms with van der Waals surface area (Å²) in [5, 5.41) is 17.3. The van der Waals surface area contributed by atoms with E-state index in [1.807, 2.05) is 0 Å². The Hall–Kier alpha value is -1.89. The molecule has 116 valence electrons. The minimum atomic E-state index is -4.05. The van der Waals surface area contributed by atoms with Crippen LogP contribution in [0.15, 0.2) is 24.3 Å². The number of nitrogens with two attached hydrogens (primary N) is 1. The van der Waals surface area contributed by atoms with Crippen molar-refractivity contribution in [1.82, 2.24) is 0 Å². The van der Waals surface area contributed by atoms with Gasteiger partial charge in [-0.25, -0.2) is 4.57 Å². The molecule has 2 atom stereocenters. The lowest BCUT2D eigenvalue weighted by molar-refractivity contribution is -0.138. The molecule has 8 nitrogen and oxygen atoms in total. The van der Waals surface area contributed by atoms with Crippen molar-refractivity contribution in [2.24, 2.45) is 5.73 Å². The van der Waals surface area contributed by atoms with Gasteiger partial charge < -0.3 is 25.4 Å². The fourth-order valence-corrected chi connectivity index (χ4v) is 2.66. The van der Waals surface area contributed by atoms with Crippen molar-refractivity contribution in [3.05, 3.63) is 29.8 Å². The highest BCUT2D eigenvalue weighted by atomic mass is 31.2. The Bertz CT molecular complexity index is 574. The minimum Gasteiger partial charge on any atom is -0.481 e. The Morgan fingerprint density at radius 3 is 2.57 bits per heavy atom.